The first-order valence-electron chi connectivity index (χ1n) is 7.33. The molecule has 1 aliphatic carbocycles. The van der Waals surface area contributed by atoms with Crippen molar-refractivity contribution in [2.45, 2.75) is 33.4 Å². The van der Waals surface area contributed by atoms with Gasteiger partial charge in [-0.2, -0.15) is 0 Å². The van der Waals surface area contributed by atoms with E-state index in [-0.39, 0.29) is 12.0 Å². The smallest absolute Gasteiger partial charge is 0.323 e. The number of carbonyl (C=O) groups is 1. The first kappa shape index (κ1) is 13.6. The number of piperidine rings is 1. The largest absolute Gasteiger partial charge is 0.468 e. The van der Waals surface area contributed by atoms with Gasteiger partial charge in [0.05, 0.1) is 7.11 Å². The standard InChI is InChI=1S/C17H23NO2/c1-11-7-5-6-8-12(11)9-18-10-13-14(17(13,2)3)15(18)16(19)20-4/h5-8,13-15H,9-10H2,1-4H3. The van der Waals surface area contributed by atoms with Gasteiger partial charge < -0.3 is 4.74 Å². The van der Waals surface area contributed by atoms with Crippen LogP contribution in [0.25, 0.3) is 0 Å². The summed E-state index contributed by atoms with van der Waals surface area (Å²) in [6.07, 6.45) is 0. The molecule has 2 fully saturated rings. The van der Waals surface area contributed by atoms with Gasteiger partial charge in [0.2, 0.25) is 0 Å². The van der Waals surface area contributed by atoms with E-state index in [1.165, 1.54) is 18.2 Å². The molecule has 108 valence electrons. The fraction of sp³-hybridized carbons (Fsp3) is 0.588. The van der Waals surface area contributed by atoms with Crippen molar-refractivity contribution in [3.8, 4) is 0 Å². The molecule has 1 aromatic carbocycles. The molecule has 2 aliphatic rings. The van der Waals surface area contributed by atoms with E-state index in [9.17, 15) is 4.79 Å². The lowest BCUT2D eigenvalue weighted by molar-refractivity contribution is -0.147. The number of fused-ring (bicyclic) bond motifs is 1. The predicted molar refractivity (Wildman–Crippen MR) is 78.2 cm³/mol. The molecule has 1 aromatic rings. The van der Waals surface area contributed by atoms with Gasteiger partial charge in [-0.3, -0.25) is 9.69 Å². The molecule has 0 aromatic heterocycles. The van der Waals surface area contributed by atoms with Gasteiger partial charge in [-0.1, -0.05) is 38.1 Å². The van der Waals surface area contributed by atoms with Crippen LogP contribution in [-0.4, -0.2) is 30.6 Å². The highest BCUT2D eigenvalue weighted by atomic mass is 16.5. The van der Waals surface area contributed by atoms with Gasteiger partial charge >= 0.3 is 5.97 Å². The van der Waals surface area contributed by atoms with Crippen LogP contribution in [0.4, 0.5) is 0 Å². The Morgan fingerprint density at radius 3 is 2.75 bits per heavy atom. The topological polar surface area (TPSA) is 29.5 Å². The molecule has 1 saturated heterocycles. The molecule has 0 spiro atoms. The fourth-order valence-corrected chi connectivity index (χ4v) is 3.94. The summed E-state index contributed by atoms with van der Waals surface area (Å²) in [7, 11) is 1.50. The second-order valence-electron chi connectivity index (χ2n) is 6.78. The molecule has 0 bridgehead atoms. The SMILES string of the molecule is COC(=O)C1C2C(CN1Cc1ccccc1C)C2(C)C. The van der Waals surface area contributed by atoms with E-state index in [0.29, 0.717) is 17.3 Å². The van der Waals surface area contributed by atoms with Crippen LogP contribution in [0.5, 0.6) is 0 Å². The summed E-state index contributed by atoms with van der Waals surface area (Å²) >= 11 is 0. The third kappa shape index (κ3) is 1.96. The Morgan fingerprint density at radius 2 is 2.10 bits per heavy atom. The van der Waals surface area contributed by atoms with Gasteiger partial charge in [0.15, 0.2) is 0 Å². The van der Waals surface area contributed by atoms with Gasteiger partial charge in [-0.15, -0.1) is 0 Å². The number of likely N-dealkylation sites (tertiary alicyclic amines) is 1. The lowest BCUT2D eigenvalue weighted by Gasteiger charge is -2.29. The zero-order valence-corrected chi connectivity index (χ0v) is 12.7. The first-order valence-corrected chi connectivity index (χ1v) is 7.33. The second-order valence-corrected chi connectivity index (χ2v) is 6.78. The van der Waals surface area contributed by atoms with Crippen LogP contribution in [-0.2, 0) is 16.1 Å². The van der Waals surface area contributed by atoms with E-state index < -0.39 is 0 Å². The fourth-order valence-electron chi connectivity index (χ4n) is 3.94. The van der Waals surface area contributed by atoms with E-state index in [1.807, 2.05) is 0 Å². The first-order chi connectivity index (χ1) is 9.46. The van der Waals surface area contributed by atoms with E-state index in [0.717, 1.165) is 13.1 Å². The number of ether oxygens (including phenoxy) is 1. The number of hydrogen-bond donors (Lipinski definition) is 0. The minimum atomic E-state index is -0.0725. The number of rotatable bonds is 3. The third-order valence-corrected chi connectivity index (χ3v) is 5.38. The molecular weight excluding hydrogens is 250 g/mol. The van der Waals surface area contributed by atoms with Crippen LogP contribution >= 0.6 is 0 Å². The van der Waals surface area contributed by atoms with Crippen LogP contribution in [0.1, 0.15) is 25.0 Å². The summed E-state index contributed by atoms with van der Waals surface area (Å²) < 4.78 is 5.04. The van der Waals surface area contributed by atoms with E-state index in [2.05, 4.69) is 49.9 Å². The molecule has 1 saturated carbocycles. The number of carbonyl (C=O) groups excluding carboxylic acids is 1. The van der Waals surface area contributed by atoms with Crippen molar-refractivity contribution in [2.75, 3.05) is 13.7 Å². The highest BCUT2D eigenvalue weighted by Gasteiger charge is 2.68. The maximum absolute atomic E-state index is 12.2. The Bertz CT molecular complexity index is 538. The highest BCUT2D eigenvalue weighted by Crippen LogP contribution is 2.65. The van der Waals surface area contributed by atoms with Crippen LogP contribution < -0.4 is 0 Å². The predicted octanol–water partition coefficient (Wildman–Crippen LogP) is 2.62. The molecule has 0 amide bonds. The van der Waals surface area contributed by atoms with Crippen LogP contribution in [0.2, 0.25) is 0 Å². The minimum absolute atomic E-state index is 0.0698. The molecule has 1 aliphatic heterocycles. The molecule has 3 atom stereocenters. The number of nitrogens with zero attached hydrogens (tertiary/aromatic N) is 1. The Morgan fingerprint density at radius 1 is 1.40 bits per heavy atom. The highest BCUT2D eigenvalue weighted by molar-refractivity contribution is 5.77. The van der Waals surface area contributed by atoms with E-state index >= 15 is 0 Å². The third-order valence-electron chi connectivity index (χ3n) is 5.38. The number of methoxy groups -OCH3 is 1. The van der Waals surface area contributed by atoms with E-state index in [1.54, 1.807) is 0 Å². The van der Waals surface area contributed by atoms with Crippen molar-refractivity contribution in [1.82, 2.24) is 4.90 Å². The summed E-state index contributed by atoms with van der Waals surface area (Å²) in [5.74, 6) is 1.02. The number of aryl methyl sites for hydroxylation is 1. The average molecular weight is 273 g/mol. The quantitative estimate of drug-likeness (QED) is 0.793. The monoisotopic (exact) mass is 273 g/mol. The van der Waals surface area contributed by atoms with Crippen LogP contribution in [0.15, 0.2) is 24.3 Å². The maximum atomic E-state index is 12.2. The van der Waals surface area contributed by atoms with Gasteiger partial charge in [0.1, 0.15) is 6.04 Å². The molecule has 0 N–H and O–H groups in total. The van der Waals surface area contributed by atoms with Crippen molar-refractivity contribution < 1.29 is 9.53 Å². The molecule has 20 heavy (non-hydrogen) atoms. The molecular formula is C17H23NO2. The minimum Gasteiger partial charge on any atom is -0.468 e. The van der Waals surface area contributed by atoms with Gasteiger partial charge in [-0.05, 0) is 35.3 Å². The Kier molecular flexibility index (Phi) is 3.13. The Labute approximate surface area is 120 Å². The molecule has 3 unspecified atom stereocenters. The lowest BCUT2D eigenvalue weighted by atomic mass is 10.00. The van der Waals surface area contributed by atoms with Crippen molar-refractivity contribution in [3.05, 3.63) is 35.4 Å². The molecule has 3 nitrogen and oxygen atoms in total. The molecule has 0 radical (unpaired) electrons. The maximum Gasteiger partial charge on any atom is 0.323 e. The second kappa shape index (κ2) is 4.59. The summed E-state index contributed by atoms with van der Waals surface area (Å²) in [6.45, 7) is 8.51. The Balaban J connectivity index is 1.81. The van der Waals surface area contributed by atoms with Gasteiger partial charge in [-0.25, -0.2) is 0 Å². The number of esters is 1. The summed E-state index contributed by atoms with van der Waals surface area (Å²) in [5, 5.41) is 0. The van der Waals surface area contributed by atoms with Crippen molar-refractivity contribution >= 4 is 5.97 Å². The van der Waals surface area contributed by atoms with Crippen LogP contribution in [0, 0.1) is 24.2 Å². The zero-order valence-electron chi connectivity index (χ0n) is 12.7. The van der Waals surface area contributed by atoms with Crippen molar-refractivity contribution in [2.24, 2.45) is 17.3 Å². The number of hydrogen-bond acceptors (Lipinski definition) is 3. The number of benzene rings is 1. The summed E-state index contributed by atoms with van der Waals surface area (Å²) in [5.41, 5.74) is 2.89. The zero-order chi connectivity index (χ0) is 14.5. The van der Waals surface area contributed by atoms with Gasteiger partial charge in [0.25, 0.3) is 0 Å². The van der Waals surface area contributed by atoms with Crippen molar-refractivity contribution in [1.29, 1.82) is 0 Å². The summed E-state index contributed by atoms with van der Waals surface area (Å²) in [4.78, 5) is 14.5. The van der Waals surface area contributed by atoms with Crippen LogP contribution in [0.3, 0.4) is 0 Å². The normalized spacial score (nSPS) is 30.9. The lowest BCUT2D eigenvalue weighted by Crippen LogP contribution is -2.42. The molecule has 3 heteroatoms. The Hall–Kier alpha value is -1.35. The molecule has 3 rings (SSSR count). The average Bonchev–Trinajstić information content (AvgIpc) is 2.79. The van der Waals surface area contributed by atoms with Crippen molar-refractivity contribution in [3.63, 3.8) is 0 Å². The summed E-state index contributed by atoms with van der Waals surface area (Å²) in [6, 6.07) is 8.33. The van der Waals surface area contributed by atoms with Gasteiger partial charge in [0, 0.05) is 13.1 Å². The molecule has 1 heterocycles. The van der Waals surface area contributed by atoms with E-state index in [4.69, 9.17) is 4.74 Å².